The van der Waals surface area contributed by atoms with Crippen molar-refractivity contribution in [3.8, 4) is 78.3 Å². The van der Waals surface area contributed by atoms with Gasteiger partial charge in [0.15, 0.2) is 0 Å². The molecule has 1 spiro atoms. The van der Waals surface area contributed by atoms with Crippen molar-refractivity contribution in [3.63, 3.8) is 0 Å². The monoisotopic (exact) mass is 907 g/mol. The van der Waals surface area contributed by atoms with Gasteiger partial charge in [-0.1, -0.05) is 194 Å². The number of hydrogen-bond donors (Lipinski definition) is 0. The molecule has 2 heterocycles. The van der Waals surface area contributed by atoms with Gasteiger partial charge in [0.2, 0.25) is 0 Å². The van der Waals surface area contributed by atoms with E-state index in [9.17, 15) is 0 Å². The number of fused-ring (bicyclic) bond motifs is 21. The highest BCUT2D eigenvalue weighted by atomic mass is 32.1. The summed E-state index contributed by atoms with van der Waals surface area (Å²) >= 11 is 1.92. The van der Waals surface area contributed by atoms with Gasteiger partial charge in [-0.2, -0.15) is 0 Å². The first-order valence-electron chi connectivity index (χ1n) is 24.1. The highest BCUT2D eigenvalue weighted by molar-refractivity contribution is 7.26. The number of nitrogens with zero attached hydrogens (tertiary/aromatic N) is 1. The first-order chi connectivity index (χ1) is 34.7. The highest BCUT2D eigenvalue weighted by Gasteiger charge is 2.50. The minimum atomic E-state index is -0.609. The maximum Gasteiger partial charge on any atom is 0.135 e. The molecule has 70 heavy (non-hydrogen) atoms. The average molecular weight is 908 g/mol. The van der Waals surface area contributed by atoms with Gasteiger partial charge in [0, 0.05) is 53.9 Å². The van der Waals surface area contributed by atoms with Crippen LogP contribution in [0.3, 0.4) is 0 Å². The second kappa shape index (κ2) is 15.1. The number of ether oxygens (including phenoxy) is 1. The molecule has 12 aromatic rings. The minimum absolute atomic E-state index is 0.609. The third kappa shape index (κ3) is 5.55. The van der Waals surface area contributed by atoms with Crippen LogP contribution in [0.1, 0.15) is 22.3 Å². The molecule has 1 aromatic heterocycles. The molecule has 1 atom stereocenters. The van der Waals surface area contributed by atoms with Crippen LogP contribution in [-0.2, 0) is 5.41 Å². The normalized spacial score (nSPS) is 14.5. The summed E-state index contributed by atoms with van der Waals surface area (Å²) in [6.45, 7) is 0. The number of rotatable bonds is 4. The topological polar surface area (TPSA) is 12.5 Å². The number of benzene rings is 11. The maximum atomic E-state index is 6.79. The van der Waals surface area contributed by atoms with E-state index in [0.29, 0.717) is 0 Å². The third-order valence-corrected chi connectivity index (χ3v) is 16.3. The fraction of sp³-hybridized carbons (Fsp3) is 0.0149. The summed E-state index contributed by atoms with van der Waals surface area (Å²) in [7, 11) is 0. The fourth-order valence-electron chi connectivity index (χ4n) is 12.2. The second-order valence-electron chi connectivity index (χ2n) is 18.7. The third-order valence-electron chi connectivity index (χ3n) is 15.1. The highest BCUT2D eigenvalue weighted by Crippen LogP contribution is 2.64. The van der Waals surface area contributed by atoms with Crippen molar-refractivity contribution in [1.82, 2.24) is 0 Å². The van der Waals surface area contributed by atoms with Gasteiger partial charge in [-0.25, -0.2) is 0 Å². The van der Waals surface area contributed by atoms with E-state index in [1.54, 1.807) is 0 Å². The number of thiophene rings is 1. The maximum absolute atomic E-state index is 6.79. The van der Waals surface area contributed by atoms with Crippen LogP contribution >= 0.6 is 11.3 Å². The molecule has 3 heteroatoms. The molecule has 1 aliphatic heterocycles. The zero-order valence-corrected chi connectivity index (χ0v) is 38.8. The Hall–Kier alpha value is -8.76. The molecule has 0 amide bonds. The molecule has 326 valence electrons. The Morgan fingerprint density at radius 2 is 0.814 bits per heavy atom. The number of hydrogen-bond acceptors (Lipinski definition) is 3. The van der Waals surface area contributed by atoms with Gasteiger partial charge in [-0.05, 0) is 127 Å². The predicted molar refractivity (Wildman–Crippen MR) is 292 cm³/mol. The van der Waals surface area contributed by atoms with Crippen LogP contribution in [0.5, 0.6) is 11.5 Å². The van der Waals surface area contributed by atoms with Crippen LogP contribution in [-0.4, -0.2) is 0 Å². The van der Waals surface area contributed by atoms with Crippen LogP contribution in [0.2, 0.25) is 0 Å². The van der Waals surface area contributed by atoms with Crippen molar-refractivity contribution >= 4 is 48.6 Å². The van der Waals surface area contributed by atoms with Crippen molar-refractivity contribution in [2.75, 3.05) is 4.90 Å². The molecule has 0 radical (unpaired) electrons. The smallest absolute Gasteiger partial charge is 0.135 e. The first-order valence-corrected chi connectivity index (χ1v) is 24.9. The summed E-state index contributed by atoms with van der Waals surface area (Å²) in [6, 6.07) is 91.9. The van der Waals surface area contributed by atoms with Crippen LogP contribution < -0.4 is 9.64 Å². The Bertz CT molecular complexity index is 4110. The Morgan fingerprint density at radius 3 is 1.59 bits per heavy atom. The summed E-state index contributed by atoms with van der Waals surface area (Å²) in [6.07, 6.45) is 0. The summed E-state index contributed by atoms with van der Waals surface area (Å²) in [5.41, 5.74) is 22.2. The largest absolute Gasteiger partial charge is 0.456 e. The molecule has 0 saturated heterocycles. The molecule has 0 saturated carbocycles. The molecule has 2 nitrogen and oxygen atoms in total. The van der Waals surface area contributed by atoms with Crippen LogP contribution in [0.25, 0.3) is 86.9 Å². The van der Waals surface area contributed by atoms with Crippen LogP contribution in [0.4, 0.5) is 17.1 Å². The molecular weight excluding hydrogens is 867 g/mol. The number of anilines is 3. The lowest BCUT2D eigenvalue weighted by Gasteiger charge is -2.36. The van der Waals surface area contributed by atoms with Crippen LogP contribution in [0, 0.1) is 0 Å². The van der Waals surface area contributed by atoms with Gasteiger partial charge >= 0.3 is 0 Å². The molecule has 0 fully saturated rings. The van der Waals surface area contributed by atoms with E-state index in [1.165, 1.54) is 86.9 Å². The molecule has 11 aromatic carbocycles. The van der Waals surface area contributed by atoms with Gasteiger partial charge < -0.3 is 9.64 Å². The molecular formula is C67H41NOS. The van der Waals surface area contributed by atoms with Crippen molar-refractivity contribution in [2.24, 2.45) is 0 Å². The molecule has 15 rings (SSSR count). The Labute approximate surface area is 410 Å². The SMILES string of the molecule is c1ccc(-c2ccc(N(c3ccc4c(c3)-c3ccccc3-c3ccccc3O4)c3ccc4c(c3)-c3ccccc3-c3ccccc3C43c4ccccc4-c4c3ccc3c4sc4ccccc43)cc2)cc1. The Morgan fingerprint density at radius 1 is 0.314 bits per heavy atom. The average Bonchev–Trinajstić information content (AvgIpc) is 3.88. The van der Waals surface area contributed by atoms with E-state index >= 15 is 0 Å². The lowest BCUT2D eigenvalue weighted by atomic mass is 9.66. The lowest BCUT2D eigenvalue weighted by molar-refractivity contribution is 0.488. The van der Waals surface area contributed by atoms with Crippen LogP contribution in [0.15, 0.2) is 249 Å². The second-order valence-corrected chi connectivity index (χ2v) is 19.7. The van der Waals surface area contributed by atoms with E-state index in [4.69, 9.17) is 4.74 Å². The van der Waals surface area contributed by atoms with Gasteiger partial charge in [0.05, 0.1) is 5.41 Å². The standard InChI is InChI=1S/C67H41NOS/c1-2-16-42(17-3-1)43-30-32-44(33-31-43)68(46-35-39-63-57(41-46)50-21-7-5-19-48(50)52-23-10-14-28-62(52)69-63)45-34-37-60-56(40-45)49-20-6-4-18-47(49)51-22-8-12-26-58(51)67(60)59-27-13-9-25-55(59)65-61(67)38-36-54-53-24-11-15-29-64(53)70-66(54)65/h1-41H. The molecule has 0 N–H and O–H groups in total. The molecule has 0 bridgehead atoms. The molecule has 3 aliphatic rings. The van der Waals surface area contributed by atoms with E-state index in [-0.39, 0.29) is 0 Å². The van der Waals surface area contributed by atoms with E-state index in [2.05, 4.69) is 248 Å². The van der Waals surface area contributed by atoms with Crippen molar-refractivity contribution in [2.45, 2.75) is 5.41 Å². The zero-order valence-electron chi connectivity index (χ0n) is 37.9. The van der Waals surface area contributed by atoms with Crippen molar-refractivity contribution in [3.05, 3.63) is 271 Å². The van der Waals surface area contributed by atoms with Gasteiger partial charge in [0.25, 0.3) is 0 Å². The summed E-state index contributed by atoms with van der Waals surface area (Å²) in [5.74, 6) is 1.69. The van der Waals surface area contributed by atoms with Gasteiger partial charge in [-0.15, -0.1) is 11.3 Å². The molecule has 2 aliphatic carbocycles. The minimum Gasteiger partial charge on any atom is -0.456 e. The van der Waals surface area contributed by atoms with E-state index in [1.807, 2.05) is 17.4 Å². The summed E-state index contributed by atoms with van der Waals surface area (Å²) in [4.78, 5) is 2.43. The number of para-hydroxylation sites is 1. The van der Waals surface area contributed by atoms with Gasteiger partial charge in [0.1, 0.15) is 11.5 Å². The summed E-state index contributed by atoms with van der Waals surface area (Å²) in [5, 5.41) is 2.63. The summed E-state index contributed by atoms with van der Waals surface area (Å²) < 4.78 is 9.46. The zero-order chi connectivity index (χ0) is 45.9. The Kier molecular flexibility index (Phi) is 8.48. The predicted octanol–water partition coefficient (Wildman–Crippen LogP) is 18.6. The first kappa shape index (κ1) is 39.3. The van der Waals surface area contributed by atoms with E-state index < -0.39 is 5.41 Å². The fourth-order valence-corrected chi connectivity index (χ4v) is 13.4. The Balaban J connectivity index is 1.00. The quantitative estimate of drug-likeness (QED) is 0.174. The van der Waals surface area contributed by atoms with Gasteiger partial charge in [-0.3, -0.25) is 0 Å². The van der Waals surface area contributed by atoms with Crippen molar-refractivity contribution < 1.29 is 4.74 Å². The molecule has 1 unspecified atom stereocenters. The lowest BCUT2D eigenvalue weighted by Crippen LogP contribution is -2.29. The van der Waals surface area contributed by atoms with E-state index in [0.717, 1.165) is 50.8 Å². The van der Waals surface area contributed by atoms with Crippen molar-refractivity contribution in [1.29, 1.82) is 0 Å².